The van der Waals surface area contributed by atoms with Gasteiger partial charge in [0, 0.05) is 32.3 Å². The first kappa shape index (κ1) is 21.7. The Morgan fingerprint density at radius 3 is 2.39 bits per heavy atom. The molecule has 0 saturated carbocycles. The Labute approximate surface area is 169 Å². The summed E-state index contributed by atoms with van der Waals surface area (Å²) in [6.45, 7) is 6.01. The van der Waals surface area contributed by atoms with Crippen molar-refractivity contribution in [1.29, 1.82) is 0 Å². The van der Waals surface area contributed by atoms with Crippen LogP contribution in [0.4, 0.5) is 10.5 Å². The van der Waals surface area contributed by atoms with Crippen molar-refractivity contribution < 1.29 is 19.5 Å². The van der Waals surface area contributed by atoms with Crippen molar-refractivity contribution in [1.82, 2.24) is 20.3 Å². The quantitative estimate of drug-likeness (QED) is 0.519. The molecule has 1 saturated heterocycles. The number of nitrogens with one attached hydrogen (secondary N) is 2. The number of anilines is 1. The Hall–Kier alpha value is -2.55. The lowest BCUT2D eigenvalue weighted by atomic mass is 9.96. The molecule has 1 aromatic rings. The van der Waals surface area contributed by atoms with E-state index in [0.29, 0.717) is 31.6 Å². The molecule has 2 rings (SSSR count). The summed E-state index contributed by atoms with van der Waals surface area (Å²) in [5, 5.41) is 13.5. The highest BCUT2D eigenvalue weighted by Gasteiger charge is 2.34. The first-order valence-corrected chi connectivity index (χ1v) is 9.38. The standard InChI is InChI=1S/C18H26ClN5O4/c1-18(2,3)24(16(26)12-10-21-14(19)9-13(12)20-4)22-15(25)11-5-7-23(8-6-11)17(27)28/h9-11H,5-8H2,1-4H3,(H,20,21)(H,22,25)(H,27,28). The molecule has 0 spiro atoms. The average molecular weight is 412 g/mol. The minimum atomic E-state index is -0.986. The zero-order valence-electron chi connectivity index (χ0n) is 16.5. The van der Waals surface area contributed by atoms with E-state index < -0.39 is 17.5 Å². The lowest BCUT2D eigenvalue weighted by molar-refractivity contribution is -0.132. The first-order valence-electron chi connectivity index (χ1n) is 9.00. The highest BCUT2D eigenvalue weighted by atomic mass is 35.5. The van der Waals surface area contributed by atoms with Crippen molar-refractivity contribution in [2.75, 3.05) is 25.5 Å². The Morgan fingerprint density at radius 1 is 1.29 bits per heavy atom. The third kappa shape index (κ3) is 5.03. The zero-order valence-corrected chi connectivity index (χ0v) is 17.2. The number of hydrogen-bond acceptors (Lipinski definition) is 5. The summed E-state index contributed by atoms with van der Waals surface area (Å²) in [4.78, 5) is 42.2. The predicted octanol–water partition coefficient (Wildman–Crippen LogP) is 2.44. The van der Waals surface area contributed by atoms with Crippen molar-refractivity contribution in [3.05, 3.63) is 23.0 Å². The molecule has 2 heterocycles. The van der Waals surface area contributed by atoms with Crippen molar-refractivity contribution in [2.24, 2.45) is 5.92 Å². The summed E-state index contributed by atoms with van der Waals surface area (Å²) >= 11 is 5.90. The molecule has 0 atom stereocenters. The number of hydrogen-bond donors (Lipinski definition) is 3. The molecule has 154 valence electrons. The predicted molar refractivity (Wildman–Crippen MR) is 105 cm³/mol. The maximum atomic E-state index is 13.1. The van der Waals surface area contributed by atoms with Gasteiger partial charge in [0.2, 0.25) is 5.91 Å². The summed E-state index contributed by atoms with van der Waals surface area (Å²) in [6.07, 6.45) is 1.20. The van der Waals surface area contributed by atoms with Gasteiger partial charge in [0.1, 0.15) is 5.15 Å². The fourth-order valence-corrected chi connectivity index (χ4v) is 3.14. The monoisotopic (exact) mass is 411 g/mol. The summed E-state index contributed by atoms with van der Waals surface area (Å²) < 4.78 is 0. The molecule has 0 aliphatic carbocycles. The lowest BCUT2D eigenvalue weighted by Crippen LogP contribution is -2.57. The molecule has 3 N–H and O–H groups in total. The summed E-state index contributed by atoms with van der Waals surface area (Å²) in [5.74, 6) is -1.08. The van der Waals surface area contributed by atoms with Gasteiger partial charge < -0.3 is 15.3 Å². The smallest absolute Gasteiger partial charge is 0.407 e. The molecule has 1 aliphatic rings. The van der Waals surface area contributed by atoms with E-state index in [1.54, 1.807) is 33.9 Å². The normalized spacial score (nSPS) is 15.1. The maximum Gasteiger partial charge on any atom is 0.407 e. The van der Waals surface area contributed by atoms with Crippen LogP contribution in [0.25, 0.3) is 0 Å². The van der Waals surface area contributed by atoms with Crippen molar-refractivity contribution >= 4 is 35.2 Å². The lowest BCUT2D eigenvalue weighted by Gasteiger charge is -2.37. The number of aromatic nitrogens is 1. The molecule has 1 fully saturated rings. The number of carboxylic acid groups (broad SMARTS) is 1. The van der Waals surface area contributed by atoms with Crippen LogP contribution in [0, 0.1) is 5.92 Å². The van der Waals surface area contributed by atoms with E-state index >= 15 is 0 Å². The second-order valence-electron chi connectivity index (χ2n) is 7.63. The number of nitrogens with zero attached hydrogens (tertiary/aromatic N) is 3. The Balaban J connectivity index is 2.18. The fourth-order valence-electron chi connectivity index (χ4n) is 2.99. The van der Waals surface area contributed by atoms with Crippen LogP contribution in [0.3, 0.4) is 0 Å². The van der Waals surface area contributed by atoms with Gasteiger partial charge in [-0.15, -0.1) is 0 Å². The minimum Gasteiger partial charge on any atom is -0.465 e. The number of halogens is 1. The van der Waals surface area contributed by atoms with Gasteiger partial charge in [-0.3, -0.25) is 15.0 Å². The maximum absolute atomic E-state index is 13.1. The highest BCUT2D eigenvalue weighted by molar-refractivity contribution is 6.29. The Bertz CT molecular complexity index is 757. The van der Waals surface area contributed by atoms with Gasteiger partial charge in [0.15, 0.2) is 0 Å². The van der Waals surface area contributed by atoms with E-state index in [9.17, 15) is 14.4 Å². The molecule has 1 aliphatic heterocycles. The largest absolute Gasteiger partial charge is 0.465 e. The average Bonchev–Trinajstić information content (AvgIpc) is 2.64. The van der Waals surface area contributed by atoms with Gasteiger partial charge in [0.05, 0.1) is 16.8 Å². The van der Waals surface area contributed by atoms with Crippen LogP contribution in [-0.4, -0.2) is 63.6 Å². The molecule has 10 heteroatoms. The van der Waals surface area contributed by atoms with Gasteiger partial charge in [-0.05, 0) is 39.7 Å². The molecular weight excluding hydrogens is 386 g/mol. The van der Waals surface area contributed by atoms with Crippen LogP contribution in [0.1, 0.15) is 44.0 Å². The highest BCUT2D eigenvalue weighted by Crippen LogP contribution is 2.24. The number of hydrazine groups is 1. The van der Waals surface area contributed by atoms with E-state index in [0.717, 1.165) is 0 Å². The van der Waals surface area contributed by atoms with Crippen molar-refractivity contribution in [2.45, 2.75) is 39.2 Å². The number of carbonyl (C=O) groups is 3. The number of pyridine rings is 1. The van der Waals surface area contributed by atoms with E-state index in [4.69, 9.17) is 16.7 Å². The molecule has 9 nitrogen and oxygen atoms in total. The Morgan fingerprint density at radius 2 is 1.89 bits per heavy atom. The SMILES string of the molecule is CNc1cc(Cl)ncc1C(=O)N(NC(=O)C1CCN(C(=O)O)CC1)C(C)(C)C. The molecule has 28 heavy (non-hydrogen) atoms. The summed E-state index contributed by atoms with van der Waals surface area (Å²) in [5.41, 5.74) is 2.81. The zero-order chi connectivity index (χ0) is 21.1. The van der Waals surface area contributed by atoms with Gasteiger partial charge in [-0.1, -0.05) is 11.6 Å². The van der Waals surface area contributed by atoms with E-state index in [-0.39, 0.29) is 22.5 Å². The molecule has 1 aromatic heterocycles. The van der Waals surface area contributed by atoms with Gasteiger partial charge in [0.25, 0.3) is 5.91 Å². The van der Waals surface area contributed by atoms with E-state index in [2.05, 4.69) is 15.7 Å². The molecule has 0 unspecified atom stereocenters. The van der Waals surface area contributed by atoms with Crippen molar-refractivity contribution in [3.8, 4) is 0 Å². The topological polar surface area (TPSA) is 115 Å². The van der Waals surface area contributed by atoms with E-state index in [1.165, 1.54) is 16.1 Å². The first-order chi connectivity index (χ1) is 13.0. The number of carbonyl (C=O) groups excluding carboxylic acids is 2. The molecule has 0 radical (unpaired) electrons. The Kier molecular flexibility index (Phi) is 6.71. The summed E-state index contributed by atoms with van der Waals surface area (Å²) in [6, 6.07) is 1.54. The van der Waals surface area contributed by atoms with Crippen molar-refractivity contribution in [3.63, 3.8) is 0 Å². The second kappa shape index (κ2) is 8.64. The van der Waals surface area contributed by atoms with Crippen LogP contribution in [0.15, 0.2) is 12.3 Å². The molecule has 3 amide bonds. The molecular formula is C18H26ClN5O4. The van der Waals surface area contributed by atoms with Crippen LogP contribution < -0.4 is 10.7 Å². The summed E-state index contributed by atoms with van der Waals surface area (Å²) in [7, 11) is 1.67. The van der Waals surface area contributed by atoms with Crippen LogP contribution in [0.2, 0.25) is 5.15 Å². The number of piperidine rings is 1. The molecule has 0 bridgehead atoms. The van der Waals surface area contributed by atoms with Crippen LogP contribution in [-0.2, 0) is 4.79 Å². The molecule has 0 aromatic carbocycles. The third-order valence-electron chi connectivity index (χ3n) is 4.60. The number of rotatable bonds is 3. The van der Waals surface area contributed by atoms with Gasteiger partial charge in [-0.2, -0.15) is 0 Å². The number of amides is 3. The van der Waals surface area contributed by atoms with Gasteiger partial charge >= 0.3 is 6.09 Å². The minimum absolute atomic E-state index is 0.248. The van der Waals surface area contributed by atoms with Gasteiger partial charge in [-0.25, -0.2) is 14.8 Å². The van der Waals surface area contributed by atoms with Crippen LogP contribution in [0.5, 0.6) is 0 Å². The van der Waals surface area contributed by atoms with Crippen LogP contribution >= 0.6 is 11.6 Å². The second-order valence-corrected chi connectivity index (χ2v) is 8.02. The van der Waals surface area contributed by atoms with E-state index in [1.807, 2.05) is 0 Å². The number of likely N-dealkylation sites (tertiary alicyclic amines) is 1. The fraction of sp³-hybridized carbons (Fsp3) is 0.556. The third-order valence-corrected chi connectivity index (χ3v) is 4.81.